The topological polar surface area (TPSA) is 74.0 Å². The third-order valence-corrected chi connectivity index (χ3v) is 5.25. The average Bonchev–Trinajstić information content (AvgIpc) is 3.08. The van der Waals surface area contributed by atoms with Crippen LogP contribution in [0.3, 0.4) is 0 Å². The molecule has 3 N–H and O–H groups in total. The fourth-order valence-electron chi connectivity index (χ4n) is 2.69. The second kappa shape index (κ2) is 7.88. The van der Waals surface area contributed by atoms with Gasteiger partial charge in [0.25, 0.3) is 5.91 Å². The largest absolute Gasteiger partial charge is 0.360 e. The van der Waals surface area contributed by atoms with E-state index < -0.39 is 0 Å². The van der Waals surface area contributed by atoms with Crippen molar-refractivity contribution in [1.82, 2.24) is 15.8 Å². The first kappa shape index (κ1) is 19.0. The van der Waals surface area contributed by atoms with Crippen molar-refractivity contribution < 1.29 is 9.59 Å². The molecule has 2 amide bonds. The van der Waals surface area contributed by atoms with Gasteiger partial charge in [0, 0.05) is 22.0 Å². The number of hydrogen-bond donors (Lipinski definition) is 3. The standard InChI is InChI=1S/C21H23N3O2S/c1-21(2,3)14-8-10-15(11-9-14)27-13-19(25)23-24-20(26)17-12-22-18-7-5-4-6-16(17)18/h4-12,22H,13H2,1-3H3,(H,23,25)(H,24,26). The molecule has 0 saturated heterocycles. The van der Waals surface area contributed by atoms with E-state index in [1.807, 2.05) is 36.4 Å². The summed E-state index contributed by atoms with van der Waals surface area (Å²) >= 11 is 1.43. The summed E-state index contributed by atoms with van der Waals surface area (Å²) in [7, 11) is 0. The van der Waals surface area contributed by atoms with Gasteiger partial charge in [-0.05, 0) is 29.2 Å². The number of fused-ring (bicyclic) bond motifs is 1. The smallest absolute Gasteiger partial charge is 0.271 e. The fourth-order valence-corrected chi connectivity index (χ4v) is 3.39. The molecule has 2 aromatic carbocycles. The fraction of sp³-hybridized carbons (Fsp3) is 0.238. The van der Waals surface area contributed by atoms with Crippen LogP contribution in [-0.4, -0.2) is 22.6 Å². The second-order valence-corrected chi connectivity index (χ2v) is 8.36. The van der Waals surface area contributed by atoms with E-state index in [-0.39, 0.29) is 23.0 Å². The molecule has 140 valence electrons. The number of benzene rings is 2. The number of amides is 2. The molecular weight excluding hydrogens is 358 g/mol. The van der Waals surface area contributed by atoms with Crippen molar-refractivity contribution in [2.45, 2.75) is 31.1 Å². The van der Waals surface area contributed by atoms with E-state index in [2.05, 4.69) is 48.7 Å². The van der Waals surface area contributed by atoms with Crippen molar-refractivity contribution in [3.05, 3.63) is 65.9 Å². The van der Waals surface area contributed by atoms with E-state index >= 15 is 0 Å². The maximum Gasteiger partial charge on any atom is 0.271 e. The number of carbonyl (C=O) groups is 2. The van der Waals surface area contributed by atoms with Gasteiger partial charge in [-0.1, -0.05) is 51.1 Å². The number of aromatic nitrogens is 1. The number of hydrazine groups is 1. The Kier molecular flexibility index (Phi) is 5.56. The highest BCUT2D eigenvalue weighted by molar-refractivity contribution is 8.00. The van der Waals surface area contributed by atoms with Gasteiger partial charge in [0.1, 0.15) is 0 Å². The van der Waals surface area contributed by atoms with Crippen LogP contribution in [-0.2, 0) is 10.2 Å². The highest BCUT2D eigenvalue weighted by atomic mass is 32.2. The number of thioether (sulfide) groups is 1. The summed E-state index contributed by atoms with van der Waals surface area (Å²) in [4.78, 5) is 28.4. The van der Waals surface area contributed by atoms with Gasteiger partial charge in [-0.25, -0.2) is 0 Å². The zero-order chi connectivity index (χ0) is 19.4. The second-order valence-electron chi connectivity index (χ2n) is 7.31. The number of aromatic amines is 1. The van der Waals surface area contributed by atoms with E-state index in [0.717, 1.165) is 15.8 Å². The molecule has 0 radical (unpaired) electrons. The average molecular weight is 382 g/mol. The Morgan fingerprint density at radius 1 is 1.00 bits per heavy atom. The van der Waals surface area contributed by atoms with Gasteiger partial charge < -0.3 is 4.98 Å². The molecular formula is C21H23N3O2S. The van der Waals surface area contributed by atoms with Crippen LogP contribution in [0.4, 0.5) is 0 Å². The van der Waals surface area contributed by atoms with Gasteiger partial charge in [-0.2, -0.15) is 0 Å². The molecule has 0 aliphatic heterocycles. The van der Waals surface area contributed by atoms with Crippen molar-refractivity contribution in [2.75, 3.05) is 5.75 Å². The van der Waals surface area contributed by atoms with E-state index in [1.54, 1.807) is 6.20 Å². The first-order valence-electron chi connectivity index (χ1n) is 8.73. The van der Waals surface area contributed by atoms with Crippen LogP contribution in [0.2, 0.25) is 0 Å². The van der Waals surface area contributed by atoms with Gasteiger partial charge in [0.2, 0.25) is 5.91 Å². The Labute approximate surface area is 162 Å². The van der Waals surface area contributed by atoms with E-state index in [4.69, 9.17) is 0 Å². The van der Waals surface area contributed by atoms with Gasteiger partial charge in [-0.15, -0.1) is 11.8 Å². The van der Waals surface area contributed by atoms with Gasteiger partial charge >= 0.3 is 0 Å². The number of hydrogen-bond acceptors (Lipinski definition) is 3. The van der Waals surface area contributed by atoms with Crippen LogP contribution in [0.25, 0.3) is 10.9 Å². The van der Waals surface area contributed by atoms with E-state index in [9.17, 15) is 9.59 Å². The molecule has 0 saturated carbocycles. The van der Waals surface area contributed by atoms with Crippen molar-refractivity contribution >= 4 is 34.5 Å². The third kappa shape index (κ3) is 4.71. The molecule has 5 nitrogen and oxygen atoms in total. The minimum absolute atomic E-state index is 0.104. The van der Waals surface area contributed by atoms with Crippen LogP contribution in [0.5, 0.6) is 0 Å². The van der Waals surface area contributed by atoms with Crippen molar-refractivity contribution in [2.24, 2.45) is 0 Å². The summed E-state index contributed by atoms with van der Waals surface area (Å²) in [6, 6.07) is 15.7. The molecule has 3 rings (SSSR count). The normalized spacial score (nSPS) is 11.4. The highest BCUT2D eigenvalue weighted by Crippen LogP contribution is 2.25. The maximum atomic E-state index is 12.3. The summed E-state index contributed by atoms with van der Waals surface area (Å²) in [6.07, 6.45) is 1.64. The summed E-state index contributed by atoms with van der Waals surface area (Å²) in [5.74, 6) is -0.378. The summed E-state index contributed by atoms with van der Waals surface area (Å²) in [6.45, 7) is 6.50. The molecule has 6 heteroatoms. The zero-order valence-electron chi connectivity index (χ0n) is 15.6. The first-order chi connectivity index (χ1) is 12.8. The molecule has 0 aliphatic carbocycles. The Morgan fingerprint density at radius 3 is 2.41 bits per heavy atom. The SMILES string of the molecule is CC(C)(C)c1ccc(SCC(=O)NNC(=O)c2c[nH]c3ccccc23)cc1. The zero-order valence-corrected chi connectivity index (χ0v) is 16.4. The summed E-state index contributed by atoms with van der Waals surface area (Å²) < 4.78 is 0. The van der Waals surface area contributed by atoms with Gasteiger partial charge in [-0.3, -0.25) is 20.4 Å². The predicted octanol–water partition coefficient (Wildman–Crippen LogP) is 4.02. The van der Waals surface area contributed by atoms with Crippen LogP contribution >= 0.6 is 11.8 Å². The highest BCUT2D eigenvalue weighted by Gasteiger charge is 2.14. The molecule has 0 atom stereocenters. The van der Waals surface area contributed by atoms with Crippen molar-refractivity contribution in [3.8, 4) is 0 Å². The molecule has 1 heterocycles. The molecule has 0 fully saturated rings. The predicted molar refractivity (Wildman–Crippen MR) is 110 cm³/mol. The Hall–Kier alpha value is -2.73. The maximum absolute atomic E-state index is 12.3. The Bertz CT molecular complexity index is 955. The molecule has 27 heavy (non-hydrogen) atoms. The summed E-state index contributed by atoms with van der Waals surface area (Å²) in [5, 5.41) is 0.817. The molecule has 3 aromatic rings. The molecule has 0 bridgehead atoms. The number of nitrogens with one attached hydrogen (secondary N) is 3. The Balaban J connectivity index is 1.50. The molecule has 0 unspecified atom stereocenters. The lowest BCUT2D eigenvalue weighted by atomic mass is 9.87. The summed E-state index contributed by atoms with van der Waals surface area (Å²) in [5.41, 5.74) is 7.67. The first-order valence-corrected chi connectivity index (χ1v) is 9.72. The van der Waals surface area contributed by atoms with E-state index in [1.165, 1.54) is 17.3 Å². The minimum Gasteiger partial charge on any atom is -0.360 e. The number of rotatable bonds is 4. The lowest BCUT2D eigenvalue weighted by Gasteiger charge is -2.19. The van der Waals surface area contributed by atoms with E-state index in [0.29, 0.717) is 5.56 Å². The number of carbonyl (C=O) groups excluding carboxylic acids is 2. The third-order valence-electron chi connectivity index (χ3n) is 4.24. The van der Waals surface area contributed by atoms with Gasteiger partial charge in [0.05, 0.1) is 11.3 Å². The van der Waals surface area contributed by atoms with Crippen LogP contribution in [0, 0.1) is 0 Å². The van der Waals surface area contributed by atoms with Gasteiger partial charge in [0.15, 0.2) is 0 Å². The minimum atomic E-state index is -0.347. The lowest BCUT2D eigenvalue weighted by molar-refractivity contribution is -0.119. The van der Waals surface area contributed by atoms with Crippen molar-refractivity contribution in [1.29, 1.82) is 0 Å². The molecule has 0 spiro atoms. The van der Waals surface area contributed by atoms with Crippen LogP contribution < -0.4 is 10.9 Å². The Morgan fingerprint density at radius 2 is 1.70 bits per heavy atom. The lowest BCUT2D eigenvalue weighted by Crippen LogP contribution is -2.42. The molecule has 1 aromatic heterocycles. The van der Waals surface area contributed by atoms with Crippen LogP contribution in [0.15, 0.2) is 59.6 Å². The number of para-hydroxylation sites is 1. The number of H-pyrrole nitrogens is 1. The van der Waals surface area contributed by atoms with Crippen LogP contribution in [0.1, 0.15) is 36.7 Å². The monoisotopic (exact) mass is 381 g/mol. The quantitative estimate of drug-likeness (QED) is 0.472. The van der Waals surface area contributed by atoms with Crippen molar-refractivity contribution in [3.63, 3.8) is 0 Å². The molecule has 0 aliphatic rings.